The van der Waals surface area contributed by atoms with Crippen molar-refractivity contribution in [2.75, 3.05) is 11.9 Å². The Morgan fingerprint density at radius 1 is 1.35 bits per heavy atom. The van der Waals surface area contributed by atoms with Gasteiger partial charge in [0.05, 0.1) is 12.3 Å². The lowest BCUT2D eigenvalue weighted by Crippen LogP contribution is -2.17. The first-order chi connectivity index (χ1) is 9.35. The number of hydrogen-bond acceptors (Lipinski definition) is 4. The Morgan fingerprint density at radius 2 is 2.00 bits per heavy atom. The molecule has 0 saturated heterocycles. The van der Waals surface area contributed by atoms with Gasteiger partial charge in [-0.3, -0.25) is 0 Å². The summed E-state index contributed by atoms with van der Waals surface area (Å²) < 4.78 is 18.9. The summed E-state index contributed by atoms with van der Waals surface area (Å²) in [6.45, 7) is 6.52. The topological polar surface area (TPSA) is 68.8 Å². The molecule has 0 aliphatic rings. The molecule has 5 heteroatoms. The number of anilines is 1. The Bertz CT molecular complexity index is 573. The molecule has 0 radical (unpaired) electrons. The molecule has 0 aromatic heterocycles. The fourth-order valence-corrected chi connectivity index (χ4v) is 1.27. The molecule has 0 unspecified atom stereocenters. The van der Waals surface area contributed by atoms with E-state index < -0.39 is 5.82 Å². The molecule has 1 aromatic carbocycles. The number of nitriles is 2. The highest BCUT2D eigenvalue weighted by Gasteiger charge is 2.13. The van der Waals surface area contributed by atoms with Gasteiger partial charge in [-0.2, -0.15) is 10.5 Å². The number of nitrogens with one attached hydrogen (secondary N) is 1. The minimum absolute atomic E-state index is 0.0358. The van der Waals surface area contributed by atoms with Crippen LogP contribution in [0.25, 0.3) is 0 Å². The van der Waals surface area contributed by atoms with E-state index in [0.717, 1.165) is 0 Å². The molecule has 0 heterocycles. The number of halogens is 1. The van der Waals surface area contributed by atoms with Crippen LogP contribution >= 0.6 is 0 Å². The van der Waals surface area contributed by atoms with Crippen molar-refractivity contribution in [3.8, 4) is 17.9 Å². The zero-order chi connectivity index (χ0) is 15.2. The predicted molar refractivity (Wildman–Crippen MR) is 74.3 cm³/mol. The van der Waals surface area contributed by atoms with Crippen molar-refractivity contribution in [2.24, 2.45) is 5.41 Å². The van der Waals surface area contributed by atoms with Gasteiger partial charge in [0.15, 0.2) is 0 Å². The molecule has 104 valence electrons. The highest BCUT2D eigenvalue weighted by molar-refractivity contribution is 5.59. The molecule has 1 N–H and O–H groups in total. The lowest BCUT2D eigenvalue weighted by molar-refractivity contribution is 0.198. The maximum atomic E-state index is 13.3. The van der Waals surface area contributed by atoms with E-state index in [9.17, 15) is 4.39 Å². The molecule has 0 fully saturated rings. The van der Waals surface area contributed by atoms with Crippen molar-refractivity contribution in [3.63, 3.8) is 0 Å². The fraction of sp³-hybridized carbons (Fsp3) is 0.333. The Morgan fingerprint density at radius 3 is 2.55 bits per heavy atom. The quantitative estimate of drug-likeness (QED) is 0.851. The summed E-state index contributed by atoms with van der Waals surface area (Å²) in [5, 5.41) is 20.0. The molecule has 0 aliphatic carbocycles. The summed E-state index contributed by atoms with van der Waals surface area (Å²) >= 11 is 0. The first-order valence-corrected chi connectivity index (χ1v) is 6.05. The van der Waals surface area contributed by atoms with Crippen LogP contribution in [0.4, 0.5) is 10.1 Å². The van der Waals surface area contributed by atoms with E-state index >= 15 is 0 Å². The standard InChI is InChI=1S/C15H16FN3O/c1-15(2,3)10-20-14-5-4-12(16)6-13(14)19-9-11(7-17)8-18/h4-6,9,19H,10H2,1-3H3. The molecule has 0 saturated carbocycles. The van der Waals surface area contributed by atoms with Gasteiger partial charge >= 0.3 is 0 Å². The van der Waals surface area contributed by atoms with Crippen LogP contribution in [0.3, 0.4) is 0 Å². The molecule has 20 heavy (non-hydrogen) atoms. The van der Waals surface area contributed by atoms with E-state index in [1.807, 2.05) is 20.8 Å². The Labute approximate surface area is 118 Å². The van der Waals surface area contributed by atoms with E-state index in [1.54, 1.807) is 12.1 Å². The Kier molecular flexibility index (Phi) is 5.11. The monoisotopic (exact) mass is 273 g/mol. The number of hydrogen-bond donors (Lipinski definition) is 1. The first kappa shape index (κ1) is 15.5. The van der Waals surface area contributed by atoms with Gasteiger partial charge in [-0.1, -0.05) is 20.8 Å². The summed E-state index contributed by atoms with van der Waals surface area (Å²) in [5.74, 6) is 0.0345. The third-order valence-corrected chi connectivity index (χ3v) is 2.22. The zero-order valence-electron chi connectivity index (χ0n) is 11.7. The molecule has 0 bridgehead atoms. The normalized spacial score (nSPS) is 10.1. The summed E-state index contributed by atoms with van der Waals surface area (Å²) in [4.78, 5) is 0. The molecule has 0 amide bonds. The van der Waals surface area contributed by atoms with Gasteiger partial charge in [0.2, 0.25) is 0 Å². The number of allylic oxidation sites excluding steroid dienone is 1. The van der Waals surface area contributed by atoms with Crippen molar-refractivity contribution in [1.29, 1.82) is 10.5 Å². The van der Waals surface area contributed by atoms with E-state index in [-0.39, 0.29) is 11.0 Å². The molecule has 0 spiro atoms. The van der Waals surface area contributed by atoms with Crippen LogP contribution in [0.2, 0.25) is 0 Å². The number of ether oxygens (including phenoxy) is 1. The largest absolute Gasteiger partial charge is 0.491 e. The fourth-order valence-electron chi connectivity index (χ4n) is 1.27. The minimum Gasteiger partial charge on any atom is -0.491 e. The highest BCUT2D eigenvalue weighted by Crippen LogP contribution is 2.27. The van der Waals surface area contributed by atoms with Gasteiger partial charge in [-0.25, -0.2) is 4.39 Å². The second-order valence-corrected chi connectivity index (χ2v) is 5.42. The van der Waals surface area contributed by atoms with Gasteiger partial charge in [0, 0.05) is 12.3 Å². The van der Waals surface area contributed by atoms with Crippen molar-refractivity contribution in [2.45, 2.75) is 20.8 Å². The van der Waals surface area contributed by atoms with Gasteiger partial charge < -0.3 is 10.1 Å². The number of rotatable bonds is 4. The summed E-state index contributed by atoms with van der Waals surface area (Å²) in [7, 11) is 0. The summed E-state index contributed by atoms with van der Waals surface area (Å²) in [5.41, 5.74) is 0.236. The smallest absolute Gasteiger partial charge is 0.145 e. The number of benzene rings is 1. The molecule has 0 aliphatic heterocycles. The summed E-state index contributed by atoms with van der Waals surface area (Å²) in [6.07, 6.45) is 1.22. The second-order valence-electron chi connectivity index (χ2n) is 5.42. The lowest BCUT2D eigenvalue weighted by atomic mass is 9.99. The van der Waals surface area contributed by atoms with E-state index in [4.69, 9.17) is 15.3 Å². The van der Waals surface area contributed by atoms with Crippen LogP contribution in [0.1, 0.15) is 20.8 Å². The van der Waals surface area contributed by atoms with Crippen molar-refractivity contribution in [3.05, 3.63) is 35.8 Å². The van der Waals surface area contributed by atoms with Crippen LogP contribution in [-0.2, 0) is 0 Å². The van der Waals surface area contributed by atoms with Crippen LogP contribution in [0.5, 0.6) is 5.75 Å². The Hall–Kier alpha value is -2.53. The molecule has 1 aromatic rings. The molecular weight excluding hydrogens is 257 g/mol. The van der Waals surface area contributed by atoms with E-state index in [1.165, 1.54) is 24.4 Å². The molecule has 1 rings (SSSR count). The number of nitrogens with zero attached hydrogens (tertiary/aromatic N) is 2. The predicted octanol–water partition coefficient (Wildman–Crippen LogP) is 3.59. The van der Waals surface area contributed by atoms with Gasteiger partial charge in [-0.05, 0) is 17.5 Å². The molecule has 4 nitrogen and oxygen atoms in total. The first-order valence-electron chi connectivity index (χ1n) is 6.05. The summed E-state index contributed by atoms with van der Waals surface area (Å²) in [6, 6.07) is 7.48. The van der Waals surface area contributed by atoms with Crippen LogP contribution in [0, 0.1) is 33.9 Å². The van der Waals surface area contributed by atoms with Gasteiger partial charge in [0.1, 0.15) is 29.3 Å². The Balaban J connectivity index is 2.94. The SMILES string of the molecule is CC(C)(C)COc1ccc(F)cc1NC=C(C#N)C#N. The van der Waals surface area contributed by atoms with Gasteiger partial charge in [0.25, 0.3) is 0 Å². The average molecular weight is 273 g/mol. The maximum Gasteiger partial charge on any atom is 0.145 e. The highest BCUT2D eigenvalue weighted by atomic mass is 19.1. The zero-order valence-corrected chi connectivity index (χ0v) is 11.7. The van der Waals surface area contributed by atoms with E-state index in [2.05, 4.69) is 5.32 Å². The second kappa shape index (κ2) is 6.58. The average Bonchev–Trinajstić information content (AvgIpc) is 2.38. The van der Waals surface area contributed by atoms with Crippen molar-refractivity contribution in [1.82, 2.24) is 0 Å². The van der Waals surface area contributed by atoms with Gasteiger partial charge in [-0.15, -0.1) is 0 Å². The third-order valence-electron chi connectivity index (χ3n) is 2.22. The maximum absolute atomic E-state index is 13.3. The van der Waals surface area contributed by atoms with Crippen molar-refractivity contribution >= 4 is 5.69 Å². The van der Waals surface area contributed by atoms with Crippen LogP contribution in [0.15, 0.2) is 30.0 Å². The van der Waals surface area contributed by atoms with E-state index in [0.29, 0.717) is 18.0 Å². The van der Waals surface area contributed by atoms with Crippen molar-refractivity contribution < 1.29 is 9.13 Å². The molecule has 0 atom stereocenters. The van der Waals surface area contributed by atoms with Crippen LogP contribution < -0.4 is 10.1 Å². The molecular formula is C15H16FN3O. The minimum atomic E-state index is -0.431. The van der Waals surface area contributed by atoms with Crippen LogP contribution in [-0.4, -0.2) is 6.61 Å². The third kappa shape index (κ3) is 4.99. The lowest BCUT2D eigenvalue weighted by Gasteiger charge is -2.20.